The minimum Gasteiger partial charge on any atom is -0.198 e. The molecule has 0 aliphatic rings. The highest BCUT2D eigenvalue weighted by Gasteiger charge is 2.09. The summed E-state index contributed by atoms with van der Waals surface area (Å²) in [4.78, 5) is 0. The van der Waals surface area contributed by atoms with Crippen LogP contribution in [0, 0.1) is 0 Å². The maximum absolute atomic E-state index is 10.9. The Kier molecular flexibility index (Phi) is 6.28. The summed E-state index contributed by atoms with van der Waals surface area (Å²) in [5.74, 6) is 0.000494. The Bertz CT molecular complexity index is 213. The maximum atomic E-state index is 10.9. The lowest BCUT2D eigenvalue weighted by Gasteiger charge is -2.11. The highest BCUT2D eigenvalue weighted by molar-refractivity contribution is 7.86. The minimum atomic E-state index is -3.35. The second-order valence-corrected chi connectivity index (χ2v) is 4.95. The molecule has 1 N–H and O–H groups in total. The van der Waals surface area contributed by atoms with E-state index in [9.17, 15) is 8.42 Å². The van der Waals surface area contributed by atoms with Gasteiger partial charge in [-0.3, -0.25) is 0 Å². The molecule has 0 amide bonds. The fourth-order valence-electron chi connectivity index (χ4n) is 0.784. The van der Waals surface area contributed by atoms with Crippen molar-refractivity contribution in [3.8, 4) is 0 Å². The zero-order chi connectivity index (χ0) is 10.3. The predicted octanol–water partition coefficient (Wildman–Crippen LogP) is 1.44. The molecule has 0 aromatic carbocycles. The van der Waals surface area contributed by atoms with E-state index in [1.54, 1.807) is 6.92 Å². The van der Waals surface area contributed by atoms with Gasteiger partial charge in [0.1, 0.15) is 0 Å². The normalized spacial score (nSPS) is 14.4. The van der Waals surface area contributed by atoms with Crippen LogP contribution in [0.1, 0.15) is 40.0 Å². The van der Waals surface area contributed by atoms with Crippen LogP contribution in [0.15, 0.2) is 0 Å². The molecular formula is C8H19NO3S. The Balaban J connectivity index is 3.63. The van der Waals surface area contributed by atoms with Crippen molar-refractivity contribution in [1.29, 1.82) is 0 Å². The number of hydrogen-bond donors (Lipinski definition) is 1. The first-order chi connectivity index (χ1) is 6.02. The number of hydroxylamine groups is 1. The highest BCUT2D eigenvalue weighted by Crippen LogP contribution is 2.00. The lowest BCUT2D eigenvalue weighted by molar-refractivity contribution is 0.164. The van der Waals surface area contributed by atoms with Crippen LogP contribution in [0.4, 0.5) is 0 Å². The summed E-state index contributed by atoms with van der Waals surface area (Å²) in [6.45, 7) is 5.55. The average molecular weight is 209 g/mol. The summed E-state index contributed by atoms with van der Waals surface area (Å²) in [5.41, 5.74) is 2.52. The molecule has 0 aliphatic carbocycles. The summed E-state index contributed by atoms with van der Waals surface area (Å²) in [6.07, 6.45) is 3.10. The first kappa shape index (κ1) is 12.9. The average Bonchev–Trinajstić information content (AvgIpc) is 2.11. The number of unbranched alkanes of at least 4 members (excludes halogenated alkanes) is 1. The molecule has 0 saturated carbocycles. The topological polar surface area (TPSA) is 55.4 Å². The van der Waals surface area contributed by atoms with Gasteiger partial charge in [-0.1, -0.05) is 19.8 Å². The van der Waals surface area contributed by atoms with Crippen molar-refractivity contribution in [2.75, 3.05) is 5.75 Å². The molecular weight excluding hydrogens is 190 g/mol. The number of nitrogens with one attached hydrogen (secondary N) is 1. The number of rotatable bonds is 7. The Morgan fingerprint density at radius 3 is 2.46 bits per heavy atom. The van der Waals surface area contributed by atoms with Gasteiger partial charge in [0.15, 0.2) is 0 Å². The molecule has 0 aromatic heterocycles. The molecule has 13 heavy (non-hydrogen) atoms. The molecule has 0 aromatic rings. The molecule has 0 radical (unpaired) electrons. The van der Waals surface area contributed by atoms with Crippen molar-refractivity contribution in [3.05, 3.63) is 0 Å². The molecule has 0 saturated heterocycles. The van der Waals surface area contributed by atoms with Crippen molar-refractivity contribution in [3.63, 3.8) is 0 Å². The van der Waals surface area contributed by atoms with Crippen LogP contribution in [0.5, 0.6) is 0 Å². The van der Waals surface area contributed by atoms with Gasteiger partial charge >= 0.3 is 0 Å². The maximum Gasteiger partial charge on any atom is 0.282 e. The van der Waals surface area contributed by atoms with E-state index in [-0.39, 0.29) is 11.8 Å². The zero-order valence-corrected chi connectivity index (χ0v) is 9.36. The van der Waals surface area contributed by atoms with E-state index in [0.29, 0.717) is 0 Å². The Morgan fingerprint density at radius 1 is 1.38 bits per heavy atom. The molecule has 0 bridgehead atoms. The van der Waals surface area contributed by atoms with Crippen molar-refractivity contribution in [1.82, 2.24) is 5.48 Å². The van der Waals surface area contributed by atoms with E-state index >= 15 is 0 Å². The van der Waals surface area contributed by atoms with Crippen molar-refractivity contribution < 1.29 is 12.7 Å². The van der Waals surface area contributed by atoms with Gasteiger partial charge in [0, 0.05) is 6.04 Å². The molecule has 0 aliphatic heterocycles. The Morgan fingerprint density at radius 2 is 2.00 bits per heavy atom. The fraction of sp³-hybridized carbons (Fsp3) is 1.00. The third-order valence-corrected chi connectivity index (χ3v) is 2.78. The summed E-state index contributed by atoms with van der Waals surface area (Å²) in [5, 5.41) is 0. The molecule has 0 fully saturated rings. The van der Waals surface area contributed by atoms with E-state index < -0.39 is 10.1 Å². The third-order valence-electron chi connectivity index (χ3n) is 1.72. The second-order valence-electron chi connectivity index (χ2n) is 3.09. The van der Waals surface area contributed by atoms with Crippen LogP contribution in [-0.4, -0.2) is 20.2 Å². The van der Waals surface area contributed by atoms with Crippen LogP contribution in [0.25, 0.3) is 0 Å². The SMILES string of the molecule is CCCCC(C)NOS(=O)(=O)CC. The standard InChI is InChI=1S/C8H19NO3S/c1-4-6-7-8(3)9-12-13(10,11)5-2/h8-9H,4-7H2,1-3H3. The second kappa shape index (κ2) is 6.34. The third kappa shape index (κ3) is 6.98. The van der Waals surface area contributed by atoms with Gasteiger partial charge in [0.25, 0.3) is 10.1 Å². The Labute approximate surface area is 80.7 Å². The minimum absolute atomic E-state index is 0.000494. The highest BCUT2D eigenvalue weighted by atomic mass is 32.2. The van der Waals surface area contributed by atoms with Gasteiger partial charge in [-0.15, -0.1) is 0 Å². The summed E-state index contributed by atoms with van der Waals surface area (Å²) >= 11 is 0. The molecule has 5 heteroatoms. The fourth-order valence-corrected chi connectivity index (χ4v) is 1.21. The van der Waals surface area contributed by atoms with Gasteiger partial charge in [-0.25, -0.2) is 0 Å². The largest absolute Gasteiger partial charge is 0.282 e. The van der Waals surface area contributed by atoms with Crippen molar-refractivity contribution in [2.45, 2.75) is 46.1 Å². The molecule has 80 valence electrons. The molecule has 4 nitrogen and oxygen atoms in total. The van der Waals surface area contributed by atoms with E-state index in [4.69, 9.17) is 0 Å². The monoisotopic (exact) mass is 209 g/mol. The van der Waals surface area contributed by atoms with Gasteiger partial charge in [-0.2, -0.15) is 18.2 Å². The van der Waals surface area contributed by atoms with Crippen LogP contribution < -0.4 is 5.48 Å². The van der Waals surface area contributed by atoms with E-state index in [2.05, 4.69) is 16.7 Å². The van der Waals surface area contributed by atoms with Crippen molar-refractivity contribution >= 4 is 10.1 Å². The molecule has 1 atom stereocenters. The summed E-state index contributed by atoms with van der Waals surface area (Å²) in [7, 11) is -3.35. The smallest absolute Gasteiger partial charge is 0.198 e. The molecule has 0 heterocycles. The van der Waals surface area contributed by atoms with Crippen LogP contribution >= 0.6 is 0 Å². The summed E-state index contributed by atoms with van der Waals surface area (Å²) < 4.78 is 26.3. The lowest BCUT2D eigenvalue weighted by atomic mass is 10.2. The van der Waals surface area contributed by atoms with Crippen LogP contribution in [0.2, 0.25) is 0 Å². The van der Waals surface area contributed by atoms with Crippen LogP contribution in [0.3, 0.4) is 0 Å². The van der Waals surface area contributed by atoms with Crippen molar-refractivity contribution in [2.24, 2.45) is 0 Å². The van der Waals surface area contributed by atoms with Crippen LogP contribution in [-0.2, 0) is 14.4 Å². The molecule has 1 unspecified atom stereocenters. The molecule has 0 rings (SSSR count). The van der Waals surface area contributed by atoms with Gasteiger partial charge in [0.2, 0.25) is 0 Å². The zero-order valence-electron chi connectivity index (χ0n) is 8.54. The first-order valence-corrected chi connectivity index (χ1v) is 6.26. The van der Waals surface area contributed by atoms with E-state index in [1.807, 2.05) is 6.92 Å². The molecule has 0 spiro atoms. The lowest BCUT2D eigenvalue weighted by Crippen LogP contribution is -2.29. The van der Waals surface area contributed by atoms with Gasteiger partial charge in [0.05, 0.1) is 5.75 Å². The Hall–Kier alpha value is -0.130. The van der Waals surface area contributed by atoms with E-state index in [0.717, 1.165) is 19.3 Å². The van der Waals surface area contributed by atoms with Gasteiger partial charge in [-0.05, 0) is 20.3 Å². The summed E-state index contributed by atoms with van der Waals surface area (Å²) in [6, 6.07) is 0.0845. The van der Waals surface area contributed by atoms with Gasteiger partial charge < -0.3 is 0 Å². The number of hydrogen-bond acceptors (Lipinski definition) is 4. The predicted molar refractivity (Wildman–Crippen MR) is 52.7 cm³/mol. The van der Waals surface area contributed by atoms with E-state index in [1.165, 1.54) is 0 Å². The quantitative estimate of drug-likeness (QED) is 0.645. The first-order valence-electron chi connectivity index (χ1n) is 4.68.